The Bertz CT molecular complexity index is 444. The third-order valence-electron chi connectivity index (χ3n) is 5.69. The summed E-state index contributed by atoms with van der Waals surface area (Å²) in [6.45, 7) is 5.04. The summed E-state index contributed by atoms with van der Waals surface area (Å²) >= 11 is 0. The Hall–Kier alpha value is -0.900. The van der Waals surface area contributed by atoms with Crippen LogP contribution in [0.2, 0.25) is 0 Å². The molecule has 1 heterocycles. The van der Waals surface area contributed by atoms with Crippen LogP contribution in [-0.2, 0) is 6.42 Å². The molecule has 0 bridgehead atoms. The van der Waals surface area contributed by atoms with Crippen LogP contribution in [-0.4, -0.2) is 59.8 Å². The Morgan fingerprint density at radius 2 is 1.83 bits per heavy atom. The fraction of sp³-hybridized carbons (Fsp3) is 0.700. The molecule has 1 saturated heterocycles. The highest BCUT2D eigenvalue weighted by atomic mass is 16.3. The first-order valence-corrected chi connectivity index (χ1v) is 9.49. The van der Waals surface area contributed by atoms with E-state index in [2.05, 4.69) is 40.1 Å². The monoisotopic (exact) mass is 316 g/mol. The molecular formula is C20H32N2O. The zero-order valence-electron chi connectivity index (χ0n) is 14.4. The molecule has 1 aliphatic heterocycles. The quantitative estimate of drug-likeness (QED) is 0.838. The highest BCUT2D eigenvalue weighted by molar-refractivity contribution is 5.14. The second kappa shape index (κ2) is 8.81. The summed E-state index contributed by atoms with van der Waals surface area (Å²) in [5.41, 5.74) is 1.44. The first kappa shape index (κ1) is 16.9. The van der Waals surface area contributed by atoms with Crippen LogP contribution in [0.4, 0.5) is 0 Å². The van der Waals surface area contributed by atoms with Gasteiger partial charge in [-0.3, -0.25) is 9.80 Å². The molecule has 3 rings (SSSR count). The van der Waals surface area contributed by atoms with Gasteiger partial charge in [0.05, 0.1) is 0 Å². The largest absolute Gasteiger partial charge is 0.396 e. The van der Waals surface area contributed by atoms with Crippen molar-refractivity contribution >= 4 is 0 Å². The van der Waals surface area contributed by atoms with E-state index in [1.54, 1.807) is 0 Å². The fourth-order valence-corrected chi connectivity index (χ4v) is 4.37. The first-order valence-electron chi connectivity index (χ1n) is 9.49. The molecule has 0 amide bonds. The number of aliphatic hydroxyl groups is 1. The molecule has 0 spiro atoms. The lowest BCUT2D eigenvalue weighted by molar-refractivity contribution is 0.0369. The number of hydrogen-bond donors (Lipinski definition) is 1. The van der Waals surface area contributed by atoms with Crippen molar-refractivity contribution in [2.24, 2.45) is 0 Å². The number of rotatable bonds is 7. The van der Waals surface area contributed by atoms with Gasteiger partial charge in [-0.2, -0.15) is 0 Å². The number of piperazine rings is 1. The third-order valence-corrected chi connectivity index (χ3v) is 5.69. The van der Waals surface area contributed by atoms with E-state index in [0.29, 0.717) is 12.6 Å². The minimum absolute atomic E-state index is 0.318. The summed E-state index contributed by atoms with van der Waals surface area (Å²) in [6.07, 6.45) is 8.90. The molecule has 1 N–H and O–H groups in total. The Morgan fingerprint density at radius 1 is 1.04 bits per heavy atom. The molecule has 1 atom stereocenters. The molecule has 2 aliphatic rings. The highest BCUT2D eigenvalue weighted by Crippen LogP contribution is 2.26. The van der Waals surface area contributed by atoms with Gasteiger partial charge in [-0.15, -0.1) is 0 Å². The van der Waals surface area contributed by atoms with E-state index in [9.17, 15) is 5.11 Å². The molecule has 3 heteroatoms. The van der Waals surface area contributed by atoms with Gasteiger partial charge in [0.25, 0.3) is 0 Å². The topological polar surface area (TPSA) is 26.7 Å². The minimum atomic E-state index is 0.318. The second-order valence-corrected chi connectivity index (χ2v) is 7.22. The van der Waals surface area contributed by atoms with E-state index in [1.165, 1.54) is 50.8 Å². The van der Waals surface area contributed by atoms with Crippen molar-refractivity contribution in [3.8, 4) is 0 Å². The van der Waals surface area contributed by atoms with Gasteiger partial charge in [0.15, 0.2) is 0 Å². The van der Waals surface area contributed by atoms with Gasteiger partial charge in [0, 0.05) is 38.3 Å². The standard InChI is InChI=1S/C20H32N2O/c23-16-12-20-17-22(19-10-4-5-11-19)15-14-21(20)13-6-9-18-7-2-1-3-8-18/h1-3,7-8,19-20,23H,4-6,9-17H2. The van der Waals surface area contributed by atoms with E-state index in [4.69, 9.17) is 0 Å². The molecule has 1 aliphatic carbocycles. The summed E-state index contributed by atoms with van der Waals surface area (Å²) in [4.78, 5) is 5.34. The molecular weight excluding hydrogens is 284 g/mol. The molecule has 2 fully saturated rings. The van der Waals surface area contributed by atoms with Gasteiger partial charge in [0.2, 0.25) is 0 Å². The Kier molecular flexibility index (Phi) is 6.49. The van der Waals surface area contributed by atoms with Gasteiger partial charge in [-0.1, -0.05) is 43.2 Å². The zero-order chi connectivity index (χ0) is 15.9. The minimum Gasteiger partial charge on any atom is -0.396 e. The van der Waals surface area contributed by atoms with Crippen molar-refractivity contribution in [1.82, 2.24) is 9.80 Å². The van der Waals surface area contributed by atoms with Crippen molar-refractivity contribution in [3.05, 3.63) is 35.9 Å². The van der Waals surface area contributed by atoms with Crippen molar-refractivity contribution in [1.29, 1.82) is 0 Å². The predicted molar refractivity (Wildman–Crippen MR) is 95.7 cm³/mol. The summed E-state index contributed by atoms with van der Waals surface area (Å²) in [7, 11) is 0. The summed E-state index contributed by atoms with van der Waals surface area (Å²) < 4.78 is 0. The Balaban J connectivity index is 1.48. The SMILES string of the molecule is OCCC1CN(C2CCCC2)CCN1CCCc1ccccc1. The average molecular weight is 316 g/mol. The maximum absolute atomic E-state index is 9.45. The maximum Gasteiger partial charge on any atom is 0.0446 e. The van der Waals surface area contributed by atoms with Gasteiger partial charge in [0.1, 0.15) is 0 Å². The van der Waals surface area contributed by atoms with Crippen molar-refractivity contribution in [2.75, 3.05) is 32.8 Å². The zero-order valence-corrected chi connectivity index (χ0v) is 14.4. The van der Waals surface area contributed by atoms with E-state index in [-0.39, 0.29) is 0 Å². The van der Waals surface area contributed by atoms with Crippen molar-refractivity contribution in [2.45, 2.75) is 57.0 Å². The third kappa shape index (κ3) is 4.79. The molecule has 1 unspecified atom stereocenters. The molecule has 1 saturated carbocycles. The predicted octanol–water partition coefficient (Wildman–Crippen LogP) is 2.93. The van der Waals surface area contributed by atoms with E-state index in [0.717, 1.165) is 32.0 Å². The number of benzene rings is 1. The molecule has 1 aromatic carbocycles. The van der Waals surface area contributed by atoms with E-state index < -0.39 is 0 Å². The normalized spacial score (nSPS) is 24.3. The van der Waals surface area contributed by atoms with Crippen LogP contribution >= 0.6 is 0 Å². The molecule has 128 valence electrons. The van der Waals surface area contributed by atoms with Crippen molar-refractivity contribution < 1.29 is 5.11 Å². The van der Waals surface area contributed by atoms with Crippen molar-refractivity contribution in [3.63, 3.8) is 0 Å². The summed E-state index contributed by atoms with van der Waals surface area (Å²) in [5.74, 6) is 0. The van der Waals surface area contributed by atoms with Crippen LogP contribution in [0.25, 0.3) is 0 Å². The molecule has 23 heavy (non-hydrogen) atoms. The van der Waals surface area contributed by atoms with Crippen LogP contribution in [0, 0.1) is 0 Å². The number of aryl methyl sites for hydroxylation is 1. The lowest BCUT2D eigenvalue weighted by Gasteiger charge is -2.44. The average Bonchev–Trinajstić information content (AvgIpc) is 3.12. The maximum atomic E-state index is 9.45. The fourth-order valence-electron chi connectivity index (χ4n) is 4.37. The van der Waals surface area contributed by atoms with Gasteiger partial charge >= 0.3 is 0 Å². The van der Waals surface area contributed by atoms with Gasteiger partial charge < -0.3 is 5.11 Å². The van der Waals surface area contributed by atoms with Crippen LogP contribution in [0.1, 0.15) is 44.1 Å². The van der Waals surface area contributed by atoms with Gasteiger partial charge in [-0.25, -0.2) is 0 Å². The summed E-state index contributed by atoms with van der Waals surface area (Å²) in [5, 5.41) is 9.45. The lowest BCUT2D eigenvalue weighted by Crippen LogP contribution is -2.55. The molecule has 0 radical (unpaired) electrons. The second-order valence-electron chi connectivity index (χ2n) is 7.22. The molecule has 3 nitrogen and oxygen atoms in total. The molecule has 1 aromatic rings. The lowest BCUT2D eigenvalue weighted by atomic mass is 10.0. The van der Waals surface area contributed by atoms with E-state index in [1.807, 2.05) is 0 Å². The molecule has 0 aromatic heterocycles. The van der Waals surface area contributed by atoms with Crippen LogP contribution in [0.3, 0.4) is 0 Å². The number of nitrogens with zero attached hydrogens (tertiary/aromatic N) is 2. The Labute approximate surface area is 141 Å². The summed E-state index contributed by atoms with van der Waals surface area (Å²) in [6, 6.07) is 12.2. The smallest absolute Gasteiger partial charge is 0.0446 e. The number of hydrogen-bond acceptors (Lipinski definition) is 3. The van der Waals surface area contributed by atoms with Gasteiger partial charge in [-0.05, 0) is 44.2 Å². The highest BCUT2D eigenvalue weighted by Gasteiger charge is 2.31. The first-order chi connectivity index (χ1) is 11.4. The van der Waals surface area contributed by atoms with Crippen LogP contribution in [0.5, 0.6) is 0 Å². The van der Waals surface area contributed by atoms with Crippen LogP contribution < -0.4 is 0 Å². The Morgan fingerprint density at radius 3 is 2.57 bits per heavy atom. The van der Waals surface area contributed by atoms with E-state index >= 15 is 0 Å². The van der Waals surface area contributed by atoms with Crippen LogP contribution in [0.15, 0.2) is 30.3 Å². The number of aliphatic hydroxyl groups excluding tert-OH is 1.